The maximum atomic E-state index is 5.65. The number of nitrogens with zero attached hydrogens (tertiary/aromatic N) is 3. The summed E-state index contributed by atoms with van der Waals surface area (Å²) in [4.78, 5) is 4.39. The van der Waals surface area contributed by atoms with Gasteiger partial charge in [-0.05, 0) is 49.9 Å². The Morgan fingerprint density at radius 3 is 2.63 bits per heavy atom. The molecule has 7 nitrogen and oxygen atoms in total. The van der Waals surface area contributed by atoms with E-state index >= 15 is 0 Å². The number of hydrogen-bond acceptors (Lipinski definition) is 4. The Morgan fingerprint density at radius 2 is 2.00 bits per heavy atom. The van der Waals surface area contributed by atoms with Crippen LogP contribution < -0.4 is 15.4 Å². The van der Waals surface area contributed by atoms with E-state index in [-0.39, 0.29) is 29.4 Å². The first-order valence-electron chi connectivity index (χ1n) is 10.5. The second kappa shape index (κ2) is 12.8. The highest BCUT2D eigenvalue weighted by molar-refractivity contribution is 14.0. The number of benzene rings is 1. The van der Waals surface area contributed by atoms with Gasteiger partial charge in [-0.2, -0.15) is 5.10 Å². The van der Waals surface area contributed by atoms with Crippen LogP contribution in [-0.4, -0.2) is 55.7 Å². The largest absolute Gasteiger partial charge is 0.494 e. The number of aromatic nitrogens is 2. The van der Waals surface area contributed by atoms with Gasteiger partial charge in [0, 0.05) is 57.7 Å². The first-order chi connectivity index (χ1) is 14.3. The normalized spacial score (nSPS) is 15.9. The molecule has 0 bridgehead atoms. The van der Waals surface area contributed by atoms with Crippen molar-refractivity contribution in [2.45, 2.75) is 38.1 Å². The van der Waals surface area contributed by atoms with Crippen LogP contribution in [-0.2, 0) is 16.7 Å². The van der Waals surface area contributed by atoms with Crippen LogP contribution in [0.1, 0.15) is 31.7 Å². The van der Waals surface area contributed by atoms with Gasteiger partial charge in [0.05, 0.1) is 6.61 Å². The van der Waals surface area contributed by atoms with Crippen molar-refractivity contribution in [1.82, 2.24) is 20.4 Å². The van der Waals surface area contributed by atoms with Gasteiger partial charge in [-0.1, -0.05) is 12.1 Å². The number of guanidine groups is 1. The van der Waals surface area contributed by atoms with Crippen molar-refractivity contribution in [2.24, 2.45) is 4.99 Å². The lowest BCUT2D eigenvalue weighted by molar-refractivity contribution is 0.0513. The zero-order valence-corrected chi connectivity index (χ0v) is 20.3. The quantitative estimate of drug-likeness (QED) is 0.227. The molecule has 8 heteroatoms. The van der Waals surface area contributed by atoms with Gasteiger partial charge in [0.25, 0.3) is 0 Å². The lowest BCUT2D eigenvalue weighted by atomic mass is 9.74. The van der Waals surface area contributed by atoms with Gasteiger partial charge in [-0.15, -0.1) is 24.0 Å². The molecule has 0 amide bonds. The van der Waals surface area contributed by atoms with Crippen molar-refractivity contribution in [3.8, 4) is 5.75 Å². The zero-order valence-electron chi connectivity index (χ0n) is 18.0. The van der Waals surface area contributed by atoms with E-state index < -0.39 is 0 Å². The molecule has 1 aliphatic rings. The molecule has 166 valence electrons. The van der Waals surface area contributed by atoms with E-state index in [1.54, 1.807) is 0 Å². The van der Waals surface area contributed by atoms with Crippen LogP contribution in [0.5, 0.6) is 5.75 Å². The second-order valence-electron chi connectivity index (χ2n) is 7.33. The van der Waals surface area contributed by atoms with Gasteiger partial charge in [0.15, 0.2) is 5.96 Å². The molecule has 0 atom stereocenters. The highest BCUT2D eigenvalue weighted by Gasteiger charge is 2.34. The van der Waals surface area contributed by atoms with E-state index in [1.165, 1.54) is 5.56 Å². The van der Waals surface area contributed by atoms with Crippen molar-refractivity contribution in [3.05, 3.63) is 48.3 Å². The van der Waals surface area contributed by atoms with E-state index in [9.17, 15) is 0 Å². The van der Waals surface area contributed by atoms with Crippen LogP contribution in [0.25, 0.3) is 0 Å². The molecule has 30 heavy (non-hydrogen) atoms. The average Bonchev–Trinajstić information content (AvgIpc) is 3.28. The van der Waals surface area contributed by atoms with E-state index in [0.717, 1.165) is 63.8 Å². The molecule has 1 saturated heterocycles. The summed E-state index contributed by atoms with van der Waals surface area (Å²) in [6.45, 7) is 6.82. The number of halogens is 1. The fourth-order valence-electron chi connectivity index (χ4n) is 3.76. The van der Waals surface area contributed by atoms with Crippen molar-refractivity contribution >= 4 is 29.9 Å². The van der Waals surface area contributed by atoms with Gasteiger partial charge >= 0.3 is 0 Å². The summed E-state index contributed by atoms with van der Waals surface area (Å²) in [7, 11) is 1.82. The molecule has 1 aromatic heterocycles. The maximum Gasteiger partial charge on any atom is 0.191 e. The van der Waals surface area contributed by atoms with Gasteiger partial charge in [0.2, 0.25) is 0 Å². The molecule has 2 aromatic rings. The number of ether oxygens (including phenoxy) is 2. The molecule has 1 aromatic carbocycles. The molecule has 1 aliphatic heterocycles. The molecule has 2 heterocycles. The van der Waals surface area contributed by atoms with Crippen LogP contribution in [0.2, 0.25) is 0 Å². The van der Waals surface area contributed by atoms with E-state index in [4.69, 9.17) is 9.47 Å². The number of hydrogen-bond donors (Lipinski definition) is 2. The topological polar surface area (TPSA) is 72.7 Å². The molecule has 0 spiro atoms. The minimum Gasteiger partial charge on any atom is -0.494 e. The third-order valence-corrected chi connectivity index (χ3v) is 5.46. The van der Waals surface area contributed by atoms with Crippen molar-refractivity contribution < 1.29 is 9.47 Å². The summed E-state index contributed by atoms with van der Waals surface area (Å²) in [6.07, 6.45) is 6.76. The van der Waals surface area contributed by atoms with Gasteiger partial charge < -0.3 is 20.1 Å². The standard InChI is InChI=1S/C22H33N5O2.HI/c1-3-29-20-8-6-19(7-9-20)22(10-16-28-17-11-22)18-25-21(23-2)24-12-4-14-27-15-5-13-26-27;/h5-9,13,15H,3-4,10-12,14,16-18H2,1-2H3,(H2,23,24,25);1H. The smallest absolute Gasteiger partial charge is 0.191 e. The molecule has 3 rings (SSSR count). The van der Waals surface area contributed by atoms with Crippen LogP contribution in [0.4, 0.5) is 0 Å². The predicted molar refractivity (Wildman–Crippen MR) is 131 cm³/mol. The Kier molecular flexibility index (Phi) is 10.4. The average molecular weight is 527 g/mol. The Bertz CT molecular complexity index is 743. The fraction of sp³-hybridized carbons (Fsp3) is 0.545. The Hall–Kier alpha value is -1.81. The Labute approximate surface area is 196 Å². The van der Waals surface area contributed by atoms with Crippen LogP contribution >= 0.6 is 24.0 Å². The number of aliphatic imine (C=N–C) groups is 1. The van der Waals surface area contributed by atoms with Gasteiger partial charge in [0.1, 0.15) is 5.75 Å². The SMILES string of the molecule is CCOc1ccc(C2(CNC(=NC)NCCCn3cccn3)CCOCC2)cc1.I. The zero-order chi connectivity index (χ0) is 20.4. The third kappa shape index (κ3) is 6.87. The summed E-state index contributed by atoms with van der Waals surface area (Å²) in [6, 6.07) is 10.5. The van der Waals surface area contributed by atoms with Crippen molar-refractivity contribution in [1.29, 1.82) is 0 Å². The minimum absolute atomic E-state index is 0. The minimum atomic E-state index is 0. The molecule has 1 fully saturated rings. The van der Waals surface area contributed by atoms with E-state index in [2.05, 4.69) is 45.0 Å². The predicted octanol–water partition coefficient (Wildman–Crippen LogP) is 3.20. The molecular weight excluding hydrogens is 493 g/mol. The molecular formula is C22H34IN5O2. The maximum absolute atomic E-state index is 5.65. The summed E-state index contributed by atoms with van der Waals surface area (Å²) < 4.78 is 13.2. The van der Waals surface area contributed by atoms with E-state index in [1.807, 2.05) is 37.1 Å². The monoisotopic (exact) mass is 527 g/mol. The van der Waals surface area contributed by atoms with Gasteiger partial charge in [-0.3, -0.25) is 9.67 Å². The summed E-state index contributed by atoms with van der Waals surface area (Å²) in [5.41, 5.74) is 1.36. The lowest BCUT2D eigenvalue weighted by Crippen LogP contribution is -2.48. The summed E-state index contributed by atoms with van der Waals surface area (Å²) in [5, 5.41) is 11.2. The molecule has 0 aliphatic carbocycles. The highest BCUT2D eigenvalue weighted by Crippen LogP contribution is 2.35. The molecule has 2 N–H and O–H groups in total. The molecule has 0 saturated carbocycles. The fourth-order valence-corrected chi connectivity index (χ4v) is 3.76. The highest BCUT2D eigenvalue weighted by atomic mass is 127. The molecule has 0 unspecified atom stereocenters. The Morgan fingerprint density at radius 1 is 1.23 bits per heavy atom. The lowest BCUT2D eigenvalue weighted by Gasteiger charge is -2.38. The van der Waals surface area contributed by atoms with Crippen LogP contribution in [0.3, 0.4) is 0 Å². The van der Waals surface area contributed by atoms with Crippen molar-refractivity contribution in [2.75, 3.05) is 40.0 Å². The summed E-state index contributed by atoms with van der Waals surface area (Å²) in [5.74, 6) is 1.75. The number of rotatable bonds is 9. The first-order valence-corrected chi connectivity index (χ1v) is 10.5. The number of aryl methyl sites for hydroxylation is 1. The third-order valence-electron chi connectivity index (χ3n) is 5.46. The second-order valence-corrected chi connectivity index (χ2v) is 7.33. The summed E-state index contributed by atoms with van der Waals surface area (Å²) >= 11 is 0. The van der Waals surface area contributed by atoms with Crippen LogP contribution in [0.15, 0.2) is 47.7 Å². The number of nitrogens with one attached hydrogen (secondary N) is 2. The molecule has 0 radical (unpaired) electrons. The Balaban J connectivity index is 0.00000320. The van der Waals surface area contributed by atoms with Crippen LogP contribution in [0, 0.1) is 0 Å². The van der Waals surface area contributed by atoms with E-state index in [0.29, 0.717) is 6.61 Å². The first kappa shape index (κ1) is 24.5. The van der Waals surface area contributed by atoms with Crippen molar-refractivity contribution in [3.63, 3.8) is 0 Å². The van der Waals surface area contributed by atoms with Gasteiger partial charge in [-0.25, -0.2) is 0 Å².